The lowest BCUT2D eigenvalue weighted by atomic mass is 10.3. The van der Waals surface area contributed by atoms with Crippen molar-refractivity contribution < 1.29 is 34.1 Å². The Balaban J connectivity index is 4.30. The number of aliphatic carboxylic acids is 1. The van der Waals surface area contributed by atoms with E-state index >= 15 is 0 Å². The molecule has 18 heavy (non-hydrogen) atoms. The molecule has 0 rings (SSSR count). The highest BCUT2D eigenvalue weighted by Crippen LogP contribution is 2.34. The average Bonchev–Trinajstić information content (AvgIpc) is 2.10. The Hall–Kier alpha value is -0.500. The second kappa shape index (κ2) is 7.83. The van der Waals surface area contributed by atoms with Crippen molar-refractivity contribution in [2.45, 2.75) is 26.1 Å². The van der Waals surface area contributed by atoms with Gasteiger partial charge in [0.25, 0.3) is 0 Å². The molecular weight excluding hydrogens is 265 g/mol. The standard InChI is InChI=1S/C9H20NO7P/c1-7(2)17-5-8(11)3-10(4-9(12)13)6-18(14,15)16/h7-8,11H,3-6H2,1-2H3,(H,12,13)(H2,14,15,16). The minimum absolute atomic E-state index is 0.0189. The number of aliphatic hydroxyl groups is 1. The van der Waals surface area contributed by atoms with E-state index in [1.807, 2.05) is 0 Å². The molecule has 0 fully saturated rings. The summed E-state index contributed by atoms with van der Waals surface area (Å²) < 4.78 is 15.9. The fraction of sp³-hybridized carbons (Fsp3) is 0.889. The van der Waals surface area contributed by atoms with Gasteiger partial charge in [-0.1, -0.05) is 0 Å². The van der Waals surface area contributed by atoms with Crippen molar-refractivity contribution >= 4 is 13.6 Å². The summed E-state index contributed by atoms with van der Waals surface area (Å²) in [6, 6.07) is 0. The second-order valence-electron chi connectivity index (χ2n) is 4.25. The lowest BCUT2D eigenvalue weighted by molar-refractivity contribution is -0.138. The third-order valence-corrected chi connectivity index (χ3v) is 2.60. The predicted octanol–water partition coefficient (Wildman–Crippen LogP) is -0.706. The zero-order chi connectivity index (χ0) is 14.3. The Morgan fingerprint density at radius 1 is 1.39 bits per heavy atom. The molecule has 0 amide bonds. The van der Waals surface area contributed by atoms with E-state index in [1.54, 1.807) is 13.8 Å². The minimum atomic E-state index is -4.36. The SMILES string of the molecule is CC(C)OCC(O)CN(CC(=O)O)CP(=O)(O)O. The molecule has 0 aromatic carbocycles. The minimum Gasteiger partial charge on any atom is -0.480 e. The van der Waals surface area contributed by atoms with E-state index in [4.69, 9.17) is 19.6 Å². The van der Waals surface area contributed by atoms with Crippen LogP contribution in [0.25, 0.3) is 0 Å². The van der Waals surface area contributed by atoms with Gasteiger partial charge in [0, 0.05) is 6.54 Å². The molecule has 0 heterocycles. The topological polar surface area (TPSA) is 128 Å². The van der Waals surface area contributed by atoms with Crippen LogP contribution in [0.3, 0.4) is 0 Å². The number of nitrogens with zero attached hydrogens (tertiary/aromatic N) is 1. The van der Waals surface area contributed by atoms with Gasteiger partial charge in [-0.3, -0.25) is 14.3 Å². The van der Waals surface area contributed by atoms with Crippen LogP contribution in [0.5, 0.6) is 0 Å². The van der Waals surface area contributed by atoms with Crippen LogP contribution in [0.2, 0.25) is 0 Å². The molecule has 0 bridgehead atoms. The number of carboxylic acids is 1. The monoisotopic (exact) mass is 285 g/mol. The van der Waals surface area contributed by atoms with Crippen molar-refractivity contribution in [1.29, 1.82) is 0 Å². The summed E-state index contributed by atoms with van der Waals surface area (Å²) in [5, 5.41) is 18.2. The lowest BCUT2D eigenvalue weighted by Gasteiger charge is -2.23. The van der Waals surface area contributed by atoms with E-state index < -0.39 is 32.5 Å². The molecule has 0 aliphatic carbocycles. The molecule has 0 radical (unpaired) electrons. The first-order chi connectivity index (χ1) is 8.10. The van der Waals surface area contributed by atoms with Gasteiger partial charge in [-0.25, -0.2) is 0 Å². The van der Waals surface area contributed by atoms with Crippen molar-refractivity contribution in [1.82, 2.24) is 4.90 Å². The van der Waals surface area contributed by atoms with Gasteiger partial charge in [-0.2, -0.15) is 0 Å². The average molecular weight is 285 g/mol. The molecule has 8 nitrogen and oxygen atoms in total. The number of carbonyl (C=O) groups is 1. The van der Waals surface area contributed by atoms with E-state index in [9.17, 15) is 14.5 Å². The van der Waals surface area contributed by atoms with Gasteiger partial charge in [0.15, 0.2) is 0 Å². The fourth-order valence-electron chi connectivity index (χ4n) is 1.28. The number of hydrogen-bond acceptors (Lipinski definition) is 5. The summed E-state index contributed by atoms with van der Waals surface area (Å²) in [5.41, 5.74) is 0. The van der Waals surface area contributed by atoms with Crippen molar-refractivity contribution in [2.75, 3.05) is 26.0 Å². The molecule has 108 valence electrons. The Labute approximate surface area is 105 Å². The van der Waals surface area contributed by atoms with E-state index in [2.05, 4.69) is 0 Å². The smallest absolute Gasteiger partial charge is 0.339 e. The summed E-state index contributed by atoms with van der Waals surface area (Å²) in [5.74, 6) is -1.22. The highest BCUT2D eigenvalue weighted by atomic mass is 31.2. The van der Waals surface area contributed by atoms with Crippen LogP contribution in [0.1, 0.15) is 13.8 Å². The molecule has 0 aromatic rings. The van der Waals surface area contributed by atoms with Crippen LogP contribution in [-0.4, -0.2) is 69.1 Å². The molecule has 0 saturated heterocycles. The second-order valence-corrected chi connectivity index (χ2v) is 5.86. The Morgan fingerprint density at radius 2 is 1.94 bits per heavy atom. The fourth-order valence-corrected chi connectivity index (χ4v) is 2.01. The van der Waals surface area contributed by atoms with Crippen LogP contribution in [0.15, 0.2) is 0 Å². The van der Waals surface area contributed by atoms with E-state index in [0.717, 1.165) is 4.90 Å². The molecular formula is C9H20NO7P. The highest BCUT2D eigenvalue weighted by molar-refractivity contribution is 7.51. The quantitative estimate of drug-likeness (QED) is 0.409. The van der Waals surface area contributed by atoms with Crippen molar-refractivity contribution in [3.63, 3.8) is 0 Å². The first-order valence-electron chi connectivity index (χ1n) is 5.38. The molecule has 1 unspecified atom stereocenters. The van der Waals surface area contributed by atoms with Gasteiger partial charge in [0.05, 0.1) is 25.4 Å². The van der Waals surface area contributed by atoms with Gasteiger partial charge in [0.2, 0.25) is 0 Å². The molecule has 0 aliphatic rings. The van der Waals surface area contributed by atoms with Gasteiger partial charge in [-0.15, -0.1) is 0 Å². The van der Waals surface area contributed by atoms with Crippen LogP contribution >= 0.6 is 7.60 Å². The van der Waals surface area contributed by atoms with Crippen molar-refractivity contribution in [3.8, 4) is 0 Å². The Morgan fingerprint density at radius 3 is 2.33 bits per heavy atom. The van der Waals surface area contributed by atoms with Gasteiger partial charge < -0.3 is 24.7 Å². The predicted molar refractivity (Wildman–Crippen MR) is 63.2 cm³/mol. The van der Waals surface area contributed by atoms with Crippen molar-refractivity contribution in [2.24, 2.45) is 0 Å². The summed E-state index contributed by atoms with van der Waals surface area (Å²) >= 11 is 0. The summed E-state index contributed by atoms with van der Waals surface area (Å²) in [6.07, 6.45) is -1.80. The number of hydrogen-bond donors (Lipinski definition) is 4. The van der Waals surface area contributed by atoms with E-state index in [-0.39, 0.29) is 19.3 Å². The Kier molecular flexibility index (Phi) is 7.61. The number of ether oxygens (including phenoxy) is 1. The molecule has 4 N–H and O–H groups in total. The maximum atomic E-state index is 10.8. The lowest BCUT2D eigenvalue weighted by Crippen LogP contribution is -2.39. The van der Waals surface area contributed by atoms with Gasteiger partial charge >= 0.3 is 13.6 Å². The van der Waals surface area contributed by atoms with E-state index in [0.29, 0.717) is 0 Å². The first-order valence-corrected chi connectivity index (χ1v) is 7.18. The number of rotatable bonds is 9. The van der Waals surface area contributed by atoms with Gasteiger partial charge in [-0.05, 0) is 13.8 Å². The van der Waals surface area contributed by atoms with Crippen LogP contribution in [0.4, 0.5) is 0 Å². The Bertz CT molecular complexity index is 303. The van der Waals surface area contributed by atoms with Crippen molar-refractivity contribution in [3.05, 3.63) is 0 Å². The zero-order valence-corrected chi connectivity index (χ0v) is 11.3. The number of aliphatic hydroxyl groups excluding tert-OH is 1. The molecule has 0 saturated carbocycles. The van der Waals surface area contributed by atoms with Gasteiger partial charge in [0.1, 0.15) is 6.29 Å². The summed E-state index contributed by atoms with van der Waals surface area (Å²) in [7, 11) is -4.36. The maximum Gasteiger partial charge on any atom is 0.339 e. The molecule has 1 atom stereocenters. The van der Waals surface area contributed by atoms with Crippen LogP contribution in [-0.2, 0) is 14.1 Å². The summed E-state index contributed by atoms with van der Waals surface area (Å²) in [6.45, 7) is 2.80. The third-order valence-electron chi connectivity index (χ3n) is 1.83. The van der Waals surface area contributed by atoms with E-state index in [1.165, 1.54) is 0 Å². The largest absolute Gasteiger partial charge is 0.480 e. The molecule has 9 heteroatoms. The van der Waals surface area contributed by atoms with Crippen LogP contribution in [0, 0.1) is 0 Å². The highest BCUT2D eigenvalue weighted by Gasteiger charge is 2.23. The molecule has 0 spiro atoms. The molecule has 0 aromatic heterocycles. The molecule has 0 aliphatic heterocycles. The third kappa shape index (κ3) is 10.6. The number of carboxylic acid groups (broad SMARTS) is 1. The zero-order valence-electron chi connectivity index (χ0n) is 10.4. The maximum absolute atomic E-state index is 10.8. The first kappa shape index (κ1) is 17.5. The normalized spacial score (nSPS) is 14.2. The van der Waals surface area contributed by atoms with Crippen LogP contribution < -0.4 is 0 Å². The summed E-state index contributed by atoms with van der Waals surface area (Å²) in [4.78, 5) is 29.1.